The molecule has 3 aromatic carbocycles. The fourth-order valence-electron chi connectivity index (χ4n) is 2.74. The molecule has 3 nitrogen and oxygen atoms in total. The van der Waals surface area contributed by atoms with Crippen molar-refractivity contribution in [1.82, 2.24) is 5.48 Å². The lowest BCUT2D eigenvalue weighted by atomic mass is 9.94. The maximum absolute atomic E-state index is 12.3. The van der Waals surface area contributed by atoms with Crippen LogP contribution in [0.4, 0.5) is 0 Å². The van der Waals surface area contributed by atoms with E-state index in [1.54, 1.807) is 0 Å². The van der Waals surface area contributed by atoms with Crippen LogP contribution >= 0.6 is 0 Å². The zero-order valence-electron chi connectivity index (χ0n) is 13.5. The Labute approximate surface area is 141 Å². The molecule has 3 heteroatoms. The highest BCUT2D eigenvalue weighted by Gasteiger charge is 2.13. The fraction of sp³-hybridized carbons (Fsp3) is 0.0952. The van der Waals surface area contributed by atoms with E-state index in [2.05, 4.69) is 35.8 Å². The number of benzene rings is 3. The van der Waals surface area contributed by atoms with E-state index in [-0.39, 0.29) is 5.91 Å². The summed E-state index contributed by atoms with van der Waals surface area (Å²) in [5, 5.41) is 0. The summed E-state index contributed by atoms with van der Waals surface area (Å²) >= 11 is 0. The molecule has 24 heavy (non-hydrogen) atoms. The molecule has 0 spiro atoms. The Morgan fingerprint density at radius 2 is 1.54 bits per heavy atom. The number of nitrogens with one attached hydrogen (secondary N) is 1. The van der Waals surface area contributed by atoms with Crippen LogP contribution in [0.1, 0.15) is 21.5 Å². The second kappa shape index (κ2) is 7.57. The lowest BCUT2D eigenvalue weighted by molar-refractivity contribution is 0.0537. The van der Waals surface area contributed by atoms with Crippen LogP contribution in [0.25, 0.3) is 11.1 Å². The lowest BCUT2D eigenvalue weighted by Crippen LogP contribution is -2.23. The SMILES string of the molecule is CONC(=O)c1ccc(-c2ccccc2)cc1Cc1ccccc1. The summed E-state index contributed by atoms with van der Waals surface area (Å²) in [6, 6.07) is 26.2. The Bertz CT molecular complexity index is 814. The minimum absolute atomic E-state index is 0.233. The van der Waals surface area contributed by atoms with Crippen molar-refractivity contribution in [3.05, 3.63) is 95.6 Å². The molecular weight excluding hydrogens is 298 g/mol. The number of rotatable bonds is 5. The molecule has 0 aliphatic carbocycles. The number of hydroxylamine groups is 1. The molecule has 0 aromatic heterocycles. The zero-order valence-corrected chi connectivity index (χ0v) is 13.5. The predicted molar refractivity (Wildman–Crippen MR) is 95.6 cm³/mol. The first-order valence-electron chi connectivity index (χ1n) is 7.83. The Morgan fingerprint density at radius 1 is 0.875 bits per heavy atom. The Balaban J connectivity index is 2.02. The van der Waals surface area contributed by atoms with Gasteiger partial charge in [-0.25, -0.2) is 5.48 Å². The summed E-state index contributed by atoms with van der Waals surface area (Å²) in [5.74, 6) is -0.233. The number of carbonyl (C=O) groups is 1. The van der Waals surface area contributed by atoms with Gasteiger partial charge in [-0.15, -0.1) is 0 Å². The van der Waals surface area contributed by atoms with Crippen LogP contribution in [0.2, 0.25) is 0 Å². The van der Waals surface area contributed by atoms with Gasteiger partial charge in [0.15, 0.2) is 0 Å². The molecule has 0 saturated carbocycles. The highest BCUT2D eigenvalue weighted by molar-refractivity contribution is 5.95. The van der Waals surface area contributed by atoms with Crippen molar-refractivity contribution < 1.29 is 9.63 Å². The van der Waals surface area contributed by atoms with Crippen LogP contribution in [-0.2, 0) is 11.3 Å². The zero-order chi connectivity index (χ0) is 16.8. The van der Waals surface area contributed by atoms with Crippen LogP contribution in [0.15, 0.2) is 78.9 Å². The number of hydrogen-bond donors (Lipinski definition) is 1. The van der Waals surface area contributed by atoms with E-state index in [4.69, 9.17) is 4.84 Å². The van der Waals surface area contributed by atoms with Gasteiger partial charge >= 0.3 is 0 Å². The number of hydrogen-bond acceptors (Lipinski definition) is 2. The summed E-state index contributed by atoms with van der Waals surface area (Å²) in [7, 11) is 1.44. The summed E-state index contributed by atoms with van der Waals surface area (Å²) in [4.78, 5) is 17.0. The summed E-state index contributed by atoms with van der Waals surface area (Å²) in [6.45, 7) is 0. The van der Waals surface area contributed by atoms with Crippen molar-refractivity contribution in [1.29, 1.82) is 0 Å². The Hall–Kier alpha value is -2.91. The molecule has 0 bridgehead atoms. The highest BCUT2D eigenvalue weighted by atomic mass is 16.6. The van der Waals surface area contributed by atoms with Crippen LogP contribution < -0.4 is 5.48 Å². The van der Waals surface area contributed by atoms with E-state index < -0.39 is 0 Å². The first-order valence-corrected chi connectivity index (χ1v) is 7.83. The maximum atomic E-state index is 12.3. The van der Waals surface area contributed by atoms with Crippen molar-refractivity contribution >= 4 is 5.91 Å². The van der Waals surface area contributed by atoms with Crippen molar-refractivity contribution in [2.45, 2.75) is 6.42 Å². The third kappa shape index (κ3) is 3.70. The van der Waals surface area contributed by atoms with E-state index in [0.29, 0.717) is 12.0 Å². The van der Waals surface area contributed by atoms with Crippen molar-refractivity contribution in [2.24, 2.45) is 0 Å². The van der Waals surface area contributed by atoms with Crippen LogP contribution in [-0.4, -0.2) is 13.0 Å². The van der Waals surface area contributed by atoms with Gasteiger partial charge in [0.1, 0.15) is 0 Å². The van der Waals surface area contributed by atoms with Gasteiger partial charge < -0.3 is 0 Å². The first-order chi connectivity index (χ1) is 11.8. The van der Waals surface area contributed by atoms with E-state index in [1.807, 2.05) is 48.5 Å². The molecule has 3 aromatic rings. The molecule has 3 rings (SSSR count). The Morgan fingerprint density at radius 3 is 2.21 bits per heavy atom. The summed E-state index contributed by atoms with van der Waals surface area (Å²) in [5.41, 5.74) is 7.39. The Kier molecular flexibility index (Phi) is 5.04. The highest BCUT2D eigenvalue weighted by Crippen LogP contribution is 2.24. The standard InChI is InChI=1S/C21H19NO2/c1-24-22-21(23)20-13-12-18(17-10-6-3-7-11-17)15-19(20)14-16-8-4-2-5-9-16/h2-13,15H,14H2,1H3,(H,22,23). The first kappa shape index (κ1) is 16.0. The molecule has 0 aliphatic rings. The van der Waals surface area contributed by atoms with Gasteiger partial charge in [0.25, 0.3) is 5.91 Å². The van der Waals surface area contributed by atoms with Crippen LogP contribution in [0.5, 0.6) is 0 Å². The molecule has 0 heterocycles. The van der Waals surface area contributed by atoms with E-state index in [0.717, 1.165) is 22.3 Å². The monoisotopic (exact) mass is 317 g/mol. The molecule has 0 fully saturated rings. The molecule has 120 valence electrons. The summed E-state index contributed by atoms with van der Waals surface area (Å²) in [6.07, 6.45) is 0.688. The van der Waals surface area contributed by atoms with Gasteiger partial charge in [0.2, 0.25) is 0 Å². The predicted octanol–water partition coefficient (Wildman–Crippen LogP) is 4.24. The number of amides is 1. The largest absolute Gasteiger partial charge is 0.277 e. The molecule has 1 amide bonds. The van der Waals surface area contributed by atoms with Gasteiger partial charge in [0.05, 0.1) is 7.11 Å². The van der Waals surface area contributed by atoms with Crippen molar-refractivity contribution in [3.8, 4) is 11.1 Å². The molecule has 0 saturated heterocycles. The topological polar surface area (TPSA) is 38.3 Å². The van der Waals surface area contributed by atoms with Gasteiger partial charge in [-0.3, -0.25) is 9.63 Å². The molecule has 1 N–H and O–H groups in total. The molecule has 0 aliphatic heterocycles. The average molecular weight is 317 g/mol. The normalized spacial score (nSPS) is 10.4. The van der Waals surface area contributed by atoms with Gasteiger partial charge in [-0.2, -0.15) is 0 Å². The summed E-state index contributed by atoms with van der Waals surface area (Å²) < 4.78 is 0. The molecule has 0 unspecified atom stereocenters. The smallest absolute Gasteiger partial charge is 0.275 e. The van der Waals surface area contributed by atoms with E-state index in [1.165, 1.54) is 7.11 Å². The molecule has 0 atom stereocenters. The fourth-order valence-corrected chi connectivity index (χ4v) is 2.74. The van der Waals surface area contributed by atoms with Crippen molar-refractivity contribution in [2.75, 3.05) is 7.11 Å². The minimum Gasteiger partial charge on any atom is -0.277 e. The third-order valence-electron chi connectivity index (χ3n) is 3.89. The minimum atomic E-state index is -0.233. The molecule has 0 radical (unpaired) electrons. The average Bonchev–Trinajstić information content (AvgIpc) is 2.63. The van der Waals surface area contributed by atoms with Crippen molar-refractivity contribution in [3.63, 3.8) is 0 Å². The quantitative estimate of drug-likeness (QED) is 0.715. The maximum Gasteiger partial charge on any atom is 0.275 e. The van der Waals surface area contributed by atoms with Crippen LogP contribution in [0.3, 0.4) is 0 Å². The second-order valence-electron chi connectivity index (χ2n) is 5.54. The van der Waals surface area contributed by atoms with Gasteiger partial charge in [0, 0.05) is 5.56 Å². The van der Waals surface area contributed by atoms with E-state index in [9.17, 15) is 4.79 Å². The lowest BCUT2D eigenvalue weighted by Gasteiger charge is -2.12. The third-order valence-corrected chi connectivity index (χ3v) is 3.89. The van der Waals surface area contributed by atoms with Gasteiger partial charge in [-0.05, 0) is 34.7 Å². The second-order valence-corrected chi connectivity index (χ2v) is 5.54. The van der Waals surface area contributed by atoms with E-state index >= 15 is 0 Å². The molecular formula is C21H19NO2. The number of carbonyl (C=O) groups excluding carboxylic acids is 1. The van der Waals surface area contributed by atoms with Gasteiger partial charge in [-0.1, -0.05) is 72.8 Å². The van der Waals surface area contributed by atoms with Crippen LogP contribution in [0, 0.1) is 0 Å².